The van der Waals surface area contributed by atoms with Gasteiger partial charge in [0.15, 0.2) is 0 Å². The second-order valence-corrected chi connectivity index (χ2v) is 6.31. The van der Waals surface area contributed by atoms with Crippen LogP contribution < -0.4 is 14.8 Å². The van der Waals surface area contributed by atoms with Crippen molar-refractivity contribution in [1.82, 2.24) is 0 Å². The van der Waals surface area contributed by atoms with Gasteiger partial charge in [-0.2, -0.15) is 0 Å². The first-order valence-electron chi connectivity index (χ1n) is 8.86. The summed E-state index contributed by atoms with van der Waals surface area (Å²) in [6.07, 6.45) is 1.18. The zero-order valence-electron chi connectivity index (χ0n) is 15.6. The average molecular weight is 371 g/mol. The number of aliphatic carboxylic acids is 1. The minimum Gasteiger partial charge on any atom is -0.497 e. The topological polar surface area (TPSA) is 84.9 Å². The van der Waals surface area contributed by atoms with E-state index in [1.807, 2.05) is 31.2 Å². The Kier molecular flexibility index (Phi) is 7.67. The highest BCUT2D eigenvalue weighted by atomic mass is 16.5. The summed E-state index contributed by atoms with van der Waals surface area (Å²) in [7, 11) is 1.62. The molecule has 144 valence electrons. The van der Waals surface area contributed by atoms with Crippen LogP contribution in [0, 0.1) is 5.92 Å². The van der Waals surface area contributed by atoms with Crippen LogP contribution in [0.3, 0.4) is 0 Å². The zero-order chi connectivity index (χ0) is 19.6. The third-order valence-electron chi connectivity index (χ3n) is 4.07. The van der Waals surface area contributed by atoms with Crippen LogP contribution in [-0.4, -0.2) is 30.7 Å². The van der Waals surface area contributed by atoms with Gasteiger partial charge < -0.3 is 19.9 Å². The van der Waals surface area contributed by atoms with Crippen molar-refractivity contribution in [3.63, 3.8) is 0 Å². The number of amides is 1. The smallest absolute Gasteiger partial charge is 0.303 e. The molecule has 0 aliphatic carbocycles. The summed E-state index contributed by atoms with van der Waals surface area (Å²) < 4.78 is 10.6. The summed E-state index contributed by atoms with van der Waals surface area (Å²) in [6.45, 7) is 2.23. The van der Waals surface area contributed by atoms with Gasteiger partial charge in [0.2, 0.25) is 5.91 Å². The molecule has 0 aromatic heterocycles. The number of rotatable bonds is 10. The van der Waals surface area contributed by atoms with E-state index in [-0.39, 0.29) is 18.2 Å². The van der Waals surface area contributed by atoms with E-state index in [2.05, 4.69) is 5.32 Å². The monoisotopic (exact) mass is 371 g/mol. The summed E-state index contributed by atoms with van der Waals surface area (Å²) in [5, 5.41) is 11.5. The van der Waals surface area contributed by atoms with E-state index >= 15 is 0 Å². The minimum atomic E-state index is -0.833. The highest BCUT2D eigenvalue weighted by molar-refractivity contribution is 5.92. The van der Waals surface area contributed by atoms with Crippen molar-refractivity contribution >= 4 is 17.6 Å². The summed E-state index contributed by atoms with van der Waals surface area (Å²) in [6, 6.07) is 14.7. The molecule has 0 bridgehead atoms. The lowest BCUT2D eigenvalue weighted by atomic mass is 10.00. The Bertz CT molecular complexity index is 740. The van der Waals surface area contributed by atoms with Gasteiger partial charge in [-0.05, 0) is 54.8 Å². The molecule has 0 aliphatic heterocycles. The number of methoxy groups -OCH3 is 1. The van der Waals surface area contributed by atoms with Crippen LogP contribution in [0.15, 0.2) is 48.5 Å². The molecule has 0 saturated heterocycles. The van der Waals surface area contributed by atoms with Gasteiger partial charge in [-0.1, -0.05) is 19.1 Å². The first-order chi connectivity index (χ1) is 13.0. The third-order valence-corrected chi connectivity index (χ3v) is 4.07. The number of carbonyl (C=O) groups excluding carboxylic acids is 1. The Hall–Kier alpha value is -3.02. The fourth-order valence-electron chi connectivity index (χ4n) is 2.52. The predicted octanol–water partition coefficient (Wildman–Crippen LogP) is 3.76. The molecule has 27 heavy (non-hydrogen) atoms. The number of hydrogen-bond donors (Lipinski definition) is 2. The third kappa shape index (κ3) is 7.01. The highest BCUT2D eigenvalue weighted by Gasteiger charge is 2.14. The van der Waals surface area contributed by atoms with Crippen LogP contribution in [0.1, 0.15) is 25.3 Å². The largest absolute Gasteiger partial charge is 0.497 e. The molecule has 0 aliphatic rings. The van der Waals surface area contributed by atoms with Crippen molar-refractivity contribution in [2.24, 2.45) is 5.92 Å². The molecule has 2 N–H and O–H groups in total. The summed E-state index contributed by atoms with van der Waals surface area (Å²) in [5.74, 6) is 0.373. The lowest BCUT2D eigenvalue weighted by Gasteiger charge is -2.13. The number of hydrogen-bond acceptors (Lipinski definition) is 4. The number of carbonyl (C=O) groups is 2. The highest BCUT2D eigenvalue weighted by Crippen LogP contribution is 2.19. The number of carboxylic acid groups (broad SMARTS) is 1. The second kappa shape index (κ2) is 10.2. The van der Waals surface area contributed by atoms with E-state index in [1.54, 1.807) is 31.4 Å². The fraction of sp³-hybridized carbons (Fsp3) is 0.333. The van der Waals surface area contributed by atoms with Gasteiger partial charge in [-0.3, -0.25) is 9.59 Å². The molecule has 0 saturated carbocycles. The number of carboxylic acids is 1. The van der Waals surface area contributed by atoms with Crippen LogP contribution in [-0.2, 0) is 16.0 Å². The molecule has 1 unspecified atom stereocenters. The van der Waals surface area contributed by atoms with Crippen LogP contribution in [0.2, 0.25) is 0 Å². The standard InChI is InChI=1S/C21H25NO5/c1-15(14-16-5-9-18(26-2)10-6-16)21(25)22-17-7-11-19(12-8-17)27-13-3-4-20(23)24/h5-12,15H,3-4,13-14H2,1-2H3,(H,22,25)(H,23,24). The molecule has 1 amide bonds. The summed E-state index contributed by atoms with van der Waals surface area (Å²) >= 11 is 0. The van der Waals surface area contributed by atoms with Crippen molar-refractivity contribution in [1.29, 1.82) is 0 Å². The van der Waals surface area contributed by atoms with E-state index in [0.717, 1.165) is 11.3 Å². The first-order valence-corrected chi connectivity index (χ1v) is 8.86. The summed E-state index contributed by atoms with van der Waals surface area (Å²) in [4.78, 5) is 22.8. The molecule has 0 fully saturated rings. The van der Waals surface area contributed by atoms with Gasteiger partial charge >= 0.3 is 5.97 Å². The molecular weight excluding hydrogens is 346 g/mol. The van der Waals surface area contributed by atoms with E-state index in [4.69, 9.17) is 14.6 Å². The number of anilines is 1. The van der Waals surface area contributed by atoms with Crippen LogP contribution in [0.25, 0.3) is 0 Å². The predicted molar refractivity (Wildman–Crippen MR) is 103 cm³/mol. The molecule has 0 heterocycles. The molecule has 0 spiro atoms. The van der Waals surface area contributed by atoms with Gasteiger partial charge in [0.1, 0.15) is 11.5 Å². The second-order valence-electron chi connectivity index (χ2n) is 6.31. The van der Waals surface area contributed by atoms with Crippen molar-refractivity contribution in [3.8, 4) is 11.5 Å². The number of ether oxygens (including phenoxy) is 2. The quantitative estimate of drug-likeness (QED) is 0.621. The van der Waals surface area contributed by atoms with Crippen molar-refractivity contribution in [2.75, 3.05) is 19.0 Å². The molecule has 6 heteroatoms. The maximum absolute atomic E-state index is 12.4. The minimum absolute atomic E-state index is 0.0547. The van der Waals surface area contributed by atoms with Crippen LogP contribution in [0.5, 0.6) is 11.5 Å². The Morgan fingerprint density at radius 1 is 1.04 bits per heavy atom. The normalized spacial score (nSPS) is 11.5. The van der Waals surface area contributed by atoms with Gasteiger partial charge in [-0.15, -0.1) is 0 Å². The first kappa shape index (κ1) is 20.3. The van der Waals surface area contributed by atoms with Crippen molar-refractivity contribution in [2.45, 2.75) is 26.2 Å². The van der Waals surface area contributed by atoms with Crippen LogP contribution >= 0.6 is 0 Å². The molecule has 0 radical (unpaired) electrons. The molecule has 2 aromatic carbocycles. The van der Waals surface area contributed by atoms with E-state index in [1.165, 1.54) is 0 Å². The van der Waals surface area contributed by atoms with Gasteiger partial charge in [0, 0.05) is 18.0 Å². The van der Waals surface area contributed by atoms with E-state index in [0.29, 0.717) is 30.9 Å². The lowest BCUT2D eigenvalue weighted by Crippen LogP contribution is -2.22. The van der Waals surface area contributed by atoms with E-state index < -0.39 is 5.97 Å². The maximum atomic E-state index is 12.4. The van der Waals surface area contributed by atoms with Crippen molar-refractivity contribution < 1.29 is 24.2 Å². The lowest BCUT2D eigenvalue weighted by molar-refractivity contribution is -0.137. The Labute approximate surface area is 159 Å². The Balaban J connectivity index is 1.80. The van der Waals surface area contributed by atoms with Gasteiger partial charge in [-0.25, -0.2) is 0 Å². The Morgan fingerprint density at radius 3 is 2.26 bits per heavy atom. The van der Waals surface area contributed by atoms with Gasteiger partial charge in [0.05, 0.1) is 13.7 Å². The number of nitrogens with one attached hydrogen (secondary N) is 1. The van der Waals surface area contributed by atoms with Crippen molar-refractivity contribution in [3.05, 3.63) is 54.1 Å². The molecule has 1 atom stereocenters. The number of benzene rings is 2. The van der Waals surface area contributed by atoms with Crippen LogP contribution in [0.4, 0.5) is 5.69 Å². The maximum Gasteiger partial charge on any atom is 0.303 e. The summed E-state index contributed by atoms with van der Waals surface area (Å²) in [5.41, 5.74) is 1.77. The van der Waals surface area contributed by atoms with Gasteiger partial charge in [0.25, 0.3) is 0 Å². The molecule has 2 aromatic rings. The molecule has 2 rings (SSSR count). The molecular formula is C21H25NO5. The average Bonchev–Trinajstić information content (AvgIpc) is 2.67. The molecule has 6 nitrogen and oxygen atoms in total. The zero-order valence-corrected chi connectivity index (χ0v) is 15.6. The SMILES string of the molecule is COc1ccc(CC(C)C(=O)Nc2ccc(OCCCC(=O)O)cc2)cc1. The Morgan fingerprint density at radius 2 is 1.67 bits per heavy atom. The fourth-order valence-corrected chi connectivity index (χ4v) is 2.52. The van der Waals surface area contributed by atoms with E-state index in [9.17, 15) is 9.59 Å².